The molecule has 1 saturated carbocycles. The normalized spacial score (nSPS) is 22.6. The van der Waals surface area contributed by atoms with Crippen LogP contribution in [0.2, 0.25) is 0 Å². The molecule has 2 unspecified atom stereocenters. The maximum absolute atomic E-state index is 13.3. The standard InChI is InChI=1S/C14H20FNO3S2/c1-2-20-13-5-3-4-12(13)16-21(18,19)14-8-11(15)7-6-10(14)9-17/h6-8,12-13,16-17H,2-5,9H2,1H3. The van der Waals surface area contributed by atoms with Crippen LogP contribution in [-0.2, 0) is 16.6 Å². The molecule has 0 saturated heterocycles. The SMILES string of the molecule is CCSC1CCCC1NS(=O)(=O)c1cc(F)ccc1CO. The molecule has 0 amide bonds. The maximum atomic E-state index is 13.3. The summed E-state index contributed by atoms with van der Waals surface area (Å²) in [6.07, 6.45) is 2.77. The van der Waals surface area contributed by atoms with Gasteiger partial charge in [-0.15, -0.1) is 0 Å². The quantitative estimate of drug-likeness (QED) is 0.838. The molecule has 0 aliphatic heterocycles. The van der Waals surface area contributed by atoms with Crippen molar-refractivity contribution in [1.82, 2.24) is 4.72 Å². The van der Waals surface area contributed by atoms with Crippen LogP contribution in [0, 0.1) is 5.82 Å². The maximum Gasteiger partial charge on any atom is 0.241 e. The molecular weight excluding hydrogens is 313 g/mol. The third-order valence-corrected chi connectivity index (χ3v) is 6.53. The van der Waals surface area contributed by atoms with Crippen molar-refractivity contribution in [2.75, 3.05) is 5.75 Å². The van der Waals surface area contributed by atoms with E-state index in [-0.39, 0.29) is 21.8 Å². The number of benzene rings is 1. The van der Waals surface area contributed by atoms with Crippen molar-refractivity contribution < 1.29 is 17.9 Å². The summed E-state index contributed by atoms with van der Waals surface area (Å²) < 4.78 is 41.0. The Balaban J connectivity index is 2.24. The first-order chi connectivity index (χ1) is 9.97. The lowest BCUT2D eigenvalue weighted by molar-refractivity contribution is 0.278. The summed E-state index contributed by atoms with van der Waals surface area (Å²) in [4.78, 5) is -0.169. The fourth-order valence-electron chi connectivity index (χ4n) is 2.65. The fourth-order valence-corrected chi connectivity index (χ4v) is 5.48. The highest BCUT2D eigenvalue weighted by molar-refractivity contribution is 8.00. The lowest BCUT2D eigenvalue weighted by Gasteiger charge is -2.21. The fraction of sp³-hybridized carbons (Fsp3) is 0.571. The summed E-state index contributed by atoms with van der Waals surface area (Å²) in [6, 6.07) is 3.28. The highest BCUT2D eigenvalue weighted by Crippen LogP contribution is 2.31. The first-order valence-corrected chi connectivity index (χ1v) is 9.54. The van der Waals surface area contributed by atoms with Crippen molar-refractivity contribution in [3.8, 4) is 0 Å². The monoisotopic (exact) mass is 333 g/mol. The van der Waals surface area contributed by atoms with Gasteiger partial charge in [-0.05, 0) is 36.3 Å². The Bertz CT molecular complexity index is 592. The zero-order valence-corrected chi connectivity index (χ0v) is 13.5. The molecule has 0 aromatic heterocycles. The van der Waals surface area contributed by atoms with Gasteiger partial charge in [0.1, 0.15) is 5.82 Å². The van der Waals surface area contributed by atoms with Crippen LogP contribution in [0.15, 0.2) is 23.1 Å². The predicted molar refractivity (Wildman–Crippen MR) is 82.2 cm³/mol. The third-order valence-electron chi connectivity index (χ3n) is 3.63. The van der Waals surface area contributed by atoms with E-state index in [4.69, 9.17) is 0 Å². The summed E-state index contributed by atoms with van der Waals surface area (Å²) in [6.45, 7) is 1.61. The second-order valence-corrected chi connectivity index (χ2v) is 8.26. The lowest BCUT2D eigenvalue weighted by atomic mass is 10.2. The van der Waals surface area contributed by atoms with Crippen molar-refractivity contribution >= 4 is 21.8 Å². The van der Waals surface area contributed by atoms with Gasteiger partial charge in [0.25, 0.3) is 0 Å². The Morgan fingerprint density at radius 3 is 2.86 bits per heavy atom. The summed E-state index contributed by atoms with van der Waals surface area (Å²) in [7, 11) is -3.82. The molecule has 1 aromatic rings. The van der Waals surface area contributed by atoms with Gasteiger partial charge in [0.2, 0.25) is 10.0 Å². The number of halogens is 1. The first kappa shape index (κ1) is 16.7. The van der Waals surface area contributed by atoms with E-state index in [0.717, 1.165) is 37.1 Å². The van der Waals surface area contributed by atoms with Crippen LogP contribution in [0.3, 0.4) is 0 Å². The number of hydrogen-bond donors (Lipinski definition) is 2. The molecule has 4 nitrogen and oxygen atoms in total. The van der Waals surface area contributed by atoms with Crippen LogP contribution in [0.25, 0.3) is 0 Å². The van der Waals surface area contributed by atoms with Crippen LogP contribution >= 0.6 is 11.8 Å². The van der Waals surface area contributed by atoms with Crippen LogP contribution in [0.1, 0.15) is 31.7 Å². The minimum absolute atomic E-state index is 0.130. The Morgan fingerprint density at radius 2 is 2.19 bits per heavy atom. The molecule has 21 heavy (non-hydrogen) atoms. The van der Waals surface area contributed by atoms with Gasteiger partial charge in [0.15, 0.2) is 0 Å². The van der Waals surface area contributed by atoms with Crippen molar-refractivity contribution in [3.05, 3.63) is 29.6 Å². The molecule has 0 heterocycles. The summed E-state index contributed by atoms with van der Waals surface area (Å²) in [5.41, 5.74) is 0.210. The number of aliphatic hydroxyl groups excluding tert-OH is 1. The average molecular weight is 333 g/mol. The molecule has 0 radical (unpaired) electrons. The number of nitrogens with one attached hydrogen (secondary N) is 1. The van der Waals surface area contributed by atoms with E-state index >= 15 is 0 Å². The van der Waals surface area contributed by atoms with E-state index in [1.54, 1.807) is 11.8 Å². The predicted octanol–water partition coefficient (Wildman–Crippen LogP) is 2.27. The van der Waals surface area contributed by atoms with E-state index in [9.17, 15) is 17.9 Å². The molecule has 1 fully saturated rings. The number of rotatable bonds is 6. The highest BCUT2D eigenvalue weighted by atomic mass is 32.2. The van der Waals surface area contributed by atoms with E-state index in [2.05, 4.69) is 4.72 Å². The van der Waals surface area contributed by atoms with Crippen LogP contribution in [0.5, 0.6) is 0 Å². The molecule has 0 spiro atoms. The molecule has 2 rings (SSSR count). The van der Waals surface area contributed by atoms with Crippen molar-refractivity contribution in [2.24, 2.45) is 0 Å². The van der Waals surface area contributed by atoms with E-state index in [0.29, 0.717) is 0 Å². The van der Waals surface area contributed by atoms with Gasteiger partial charge in [0.05, 0.1) is 11.5 Å². The minimum atomic E-state index is -3.82. The molecule has 2 N–H and O–H groups in total. The van der Waals surface area contributed by atoms with Crippen molar-refractivity contribution in [3.63, 3.8) is 0 Å². The number of sulfonamides is 1. The third kappa shape index (κ3) is 3.97. The number of thioether (sulfide) groups is 1. The molecule has 2 atom stereocenters. The zero-order chi connectivity index (χ0) is 15.5. The van der Waals surface area contributed by atoms with Gasteiger partial charge in [-0.2, -0.15) is 11.8 Å². The van der Waals surface area contributed by atoms with E-state index < -0.39 is 22.4 Å². The summed E-state index contributed by atoms with van der Waals surface area (Å²) >= 11 is 1.75. The summed E-state index contributed by atoms with van der Waals surface area (Å²) in [5.74, 6) is 0.309. The largest absolute Gasteiger partial charge is 0.392 e. The zero-order valence-electron chi connectivity index (χ0n) is 11.9. The first-order valence-electron chi connectivity index (χ1n) is 7.01. The van der Waals surface area contributed by atoms with Crippen molar-refractivity contribution in [2.45, 2.75) is 49.0 Å². The van der Waals surface area contributed by atoms with Crippen LogP contribution in [-0.4, -0.2) is 30.6 Å². The molecule has 0 bridgehead atoms. The Labute approximate surface area is 129 Å². The van der Waals surface area contributed by atoms with Crippen LogP contribution in [0.4, 0.5) is 4.39 Å². The van der Waals surface area contributed by atoms with Gasteiger partial charge in [0, 0.05) is 11.3 Å². The second kappa shape index (κ2) is 7.09. The van der Waals surface area contributed by atoms with Gasteiger partial charge in [-0.1, -0.05) is 19.4 Å². The van der Waals surface area contributed by atoms with E-state index in [1.165, 1.54) is 6.07 Å². The highest BCUT2D eigenvalue weighted by Gasteiger charge is 2.32. The van der Waals surface area contributed by atoms with Crippen molar-refractivity contribution in [1.29, 1.82) is 0 Å². The molecular formula is C14H20FNO3S2. The van der Waals surface area contributed by atoms with Gasteiger partial charge in [-0.25, -0.2) is 17.5 Å². The Hall–Kier alpha value is -0.630. The van der Waals surface area contributed by atoms with Gasteiger partial charge < -0.3 is 5.11 Å². The van der Waals surface area contributed by atoms with Gasteiger partial charge in [-0.3, -0.25) is 0 Å². The Kier molecular flexibility index (Phi) is 5.65. The lowest BCUT2D eigenvalue weighted by Crippen LogP contribution is -2.39. The van der Waals surface area contributed by atoms with E-state index in [1.807, 2.05) is 6.92 Å². The Morgan fingerprint density at radius 1 is 1.43 bits per heavy atom. The summed E-state index contributed by atoms with van der Waals surface area (Å²) in [5, 5.41) is 9.51. The second-order valence-electron chi connectivity index (χ2n) is 5.06. The smallest absolute Gasteiger partial charge is 0.241 e. The van der Waals surface area contributed by atoms with Gasteiger partial charge >= 0.3 is 0 Å². The topological polar surface area (TPSA) is 66.4 Å². The number of aliphatic hydroxyl groups is 1. The number of hydrogen-bond acceptors (Lipinski definition) is 4. The molecule has 118 valence electrons. The molecule has 1 aliphatic carbocycles. The molecule has 1 aromatic carbocycles. The van der Waals surface area contributed by atoms with Crippen LogP contribution < -0.4 is 4.72 Å². The minimum Gasteiger partial charge on any atom is -0.392 e. The average Bonchev–Trinajstić information content (AvgIpc) is 2.86. The molecule has 7 heteroatoms. The molecule has 1 aliphatic rings.